The number of piperazine rings is 1. The number of hydrogen-bond acceptors (Lipinski definition) is 7. The Kier molecular flexibility index (Phi) is 6.23. The zero-order chi connectivity index (χ0) is 25.2. The summed E-state index contributed by atoms with van der Waals surface area (Å²) in [7, 11) is 0. The normalized spacial score (nSPS) is 17.8. The number of aromatic nitrogens is 4. The fourth-order valence-corrected chi connectivity index (χ4v) is 4.82. The topological polar surface area (TPSA) is 105 Å². The number of fused-ring (bicyclic) bond motifs is 1. The first-order valence-electron chi connectivity index (χ1n) is 12.4. The molecule has 4 heterocycles. The molecule has 2 aliphatic rings. The van der Waals surface area contributed by atoms with Crippen LogP contribution >= 0.6 is 0 Å². The fraction of sp³-hybridized carbons (Fsp3) is 0.296. The summed E-state index contributed by atoms with van der Waals surface area (Å²) in [6, 6.07) is 15.3. The van der Waals surface area contributed by atoms with E-state index in [0.717, 1.165) is 28.8 Å². The second-order valence-corrected chi connectivity index (χ2v) is 9.26. The van der Waals surface area contributed by atoms with Gasteiger partial charge in [0.05, 0.1) is 41.8 Å². The monoisotopic (exact) mass is 497 g/mol. The van der Waals surface area contributed by atoms with Gasteiger partial charge in [0.15, 0.2) is 0 Å². The first-order valence-corrected chi connectivity index (χ1v) is 12.4. The molecule has 1 atom stereocenters. The molecule has 6 rings (SSSR count). The third kappa shape index (κ3) is 4.75. The minimum absolute atomic E-state index is 0.00551. The lowest BCUT2D eigenvalue weighted by Crippen LogP contribution is -2.49. The van der Waals surface area contributed by atoms with Crippen molar-refractivity contribution in [3.63, 3.8) is 0 Å². The van der Waals surface area contributed by atoms with E-state index in [9.17, 15) is 9.59 Å². The van der Waals surface area contributed by atoms with E-state index in [1.165, 1.54) is 0 Å². The van der Waals surface area contributed by atoms with Gasteiger partial charge < -0.3 is 19.9 Å². The van der Waals surface area contributed by atoms with Crippen LogP contribution in [0.25, 0.3) is 16.6 Å². The molecule has 2 amide bonds. The van der Waals surface area contributed by atoms with E-state index in [0.29, 0.717) is 50.6 Å². The highest BCUT2D eigenvalue weighted by Gasteiger charge is 2.25. The molecular formula is C27H27N7O3. The number of ether oxygens (including phenoxy) is 1. The summed E-state index contributed by atoms with van der Waals surface area (Å²) >= 11 is 0. The lowest BCUT2D eigenvalue weighted by atomic mass is 10.1. The van der Waals surface area contributed by atoms with Crippen LogP contribution in [0, 0.1) is 5.92 Å². The summed E-state index contributed by atoms with van der Waals surface area (Å²) in [5, 5.41) is 8.27. The van der Waals surface area contributed by atoms with Crippen molar-refractivity contribution in [3.8, 4) is 5.69 Å². The Labute approximate surface area is 213 Å². The largest absolute Gasteiger partial charge is 0.381 e. The number of para-hydroxylation sites is 1. The van der Waals surface area contributed by atoms with Gasteiger partial charge in [0.2, 0.25) is 5.91 Å². The van der Waals surface area contributed by atoms with E-state index < -0.39 is 0 Å². The average molecular weight is 498 g/mol. The van der Waals surface area contributed by atoms with Crippen molar-refractivity contribution in [2.45, 2.75) is 6.42 Å². The van der Waals surface area contributed by atoms with Crippen LogP contribution in [0.5, 0.6) is 0 Å². The SMILES string of the molecule is O=C(Nc1cnn(-c2ccc(C(=O)N3CCN(c4ncnc5ccccc45)CC3)cc2)c1)[C@@H]1CCOC1. The number of rotatable bonds is 5. The Bertz CT molecular complexity index is 1420. The average Bonchev–Trinajstić information content (AvgIpc) is 3.66. The maximum atomic E-state index is 13.2. The smallest absolute Gasteiger partial charge is 0.253 e. The minimum Gasteiger partial charge on any atom is -0.381 e. The van der Waals surface area contributed by atoms with Gasteiger partial charge in [-0.15, -0.1) is 0 Å². The first kappa shape index (κ1) is 23.1. The molecule has 0 aliphatic carbocycles. The molecule has 2 saturated heterocycles. The number of carbonyl (C=O) groups is 2. The lowest BCUT2D eigenvalue weighted by molar-refractivity contribution is -0.119. The summed E-state index contributed by atoms with van der Waals surface area (Å²) in [5.41, 5.74) is 2.99. The number of anilines is 2. The van der Waals surface area contributed by atoms with E-state index in [-0.39, 0.29) is 17.7 Å². The zero-order valence-corrected chi connectivity index (χ0v) is 20.3. The lowest BCUT2D eigenvalue weighted by Gasteiger charge is -2.35. The molecule has 0 radical (unpaired) electrons. The van der Waals surface area contributed by atoms with Gasteiger partial charge in [-0.3, -0.25) is 9.59 Å². The molecule has 0 bridgehead atoms. The highest BCUT2D eigenvalue weighted by Crippen LogP contribution is 2.24. The van der Waals surface area contributed by atoms with Gasteiger partial charge in [0, 0.05) is 43.7 Å². The Balaban J connectivity index is 1.08. The molecule has 10 nitrogen and oxygen atoms in total. The molecular weight excluding hydrogens is 470 g/mol. The first-order chi connectivity index (χ1) is 18.2. The standard InChI is InChI=1S/C27H27N7O3/c35-26(20-9-14-37-17-20)31-21-15-30-34(16-21)22-7-5-19(6-8-22)27(36)33-12-10-32(11-13-33)25-23-3-1-2-4-24(23)28-18-29-25/h1-8,15-16,18,20H,9-14,17H2,(H,31,35)/t20-/m1/s1. The number of amides is 2. The highest BCUT2D eigenvalue weighted by molar-refractivity contribution is 5.95. The van der Waals surface area contributed by atoms with E-state index in [2.05, 4.69) is 25.3 Å². The molecule has 2 aromatic carbocycles. The summed E-state index contributed by atoms with van der Waals surface area (Å²) < 4.78 is 6.97. The second kappa shape index (κ2) is 9.98. The van der Waals surface area contributed by atoms with Crippen molar-refractivity contribution in [3.05, 3.63) is 72.8 Å². The molecule has 0 saturated carbocycles. The van der Waals surface area contributed by atoms with Gasteiger partial charge in [-0.25, -0.2) is 14.6 Å². The minimum atomic E-state index is -0.115. The molecule has 2 fully saturated rings. The number of benzene rings is 2. The van der Waals surface area contributed by atoms with Crippen LogP contribution < -0.4 is 10.2 Å². The third-order valence-corrected chi connectivity index (χ3v) is 6.92. The molecule has 2 aliphatic heterocycles. The Morgan fingerprint density at radius 3 is 2.57 bits per heavy atom. The van der Waals surface area contributed by atoms with E-state index >= 15 is 0 Å². The van der Waals surface area contributed by atoms with Crippen molar-refractivity contribution in [2.24, 2.45) is 5.92 Å². The van der Waals surface area contributed by atoms with Crippen LogP contribution in [-0.2, 0) is 9.53 Å². The molecule has 188 valence electrons. The van der Waals surface area contributed by atoms with Gasteiger partial charge >= 0.3 is 0 Å². The van der Waals surface area contributed by atoms with Crippen LogP contribution in [0.3, 0.4) is 0 Å². The van der Waals surface area contributed by atoms with Crippen molar-refractivity contribution in [2.75, 3.05) is 49.6 Å². The Hall–Kier alpha value is -4.31. The van der Waals surface area contributed by atoms with Crippen molar-refractivity contribution in [1.82, 2.24) is 24.6 Å². The van der Waals surface area contributed by atoms with Gasteiger partial charge in [0.25, 0.3) is 5.91 Å². The van der Waals surface area contributed by atoms with Crippen LogP contribution in [0.15, 0.2) is 67.3 Å². The molecule has 10 heteroatoms. The van der Waals surface area contributed by atoms with E-state index in [4.69, 9.17) is 4.74 Å². The number of nitrogens with zero attached hydrogens (tertiary/aromatic N) is 6. The predicted molar refractivity (Wildman–Crippen MR) is 139 cm³/mol. The van der Waals surface area contributed by atoms with Crippen molar-refractivity contribution in [1.29, 1.82) is 0 Å². The molecule has 4 aromatic rings. The number of nitrogens with one attached hydrogen (secondary N) is 1. The quantitative estimate of drug-likeness (QED) is 0.452. The van der Waals surface area contributed by atoms with Crippen molar-refractivity contribution < 1.29 is 14.3 Å². The number of hydrogen-bond donors (Lipinski definition) is 1. The summed E-state index contributed by atoms with van der Waals surface area (Å²) in [4.78, 5) is 38.4. The molecule has 1 N–H and O–H groups in total. The Morgan fingerprint density at radius 1 is 0.973 bits per heavy atom. The molecule has 37 heavy (non-hydrogen) atoms. The van der Waals surface area contributed by atoms with Gasteiger partial charge in [-0.05, 0) is 42.8 Å². The number of carbonyl (C=O) groups excluding carboxylic acids is 2. The predicted octanol–water partition coefficient (Wildman–Crippen LogP) is 2.75. The van der Waals surface area contributed by atoms with Crippen LogP contribution in [0.2, 0.25) is 0 Å². The van der Waals surface area contributed by atoms with E-state index in [1.807, 2.05) is 53.4 Å². The second-order valence-electron chi connectivity index (χ2n) is 9.26. The van der Waals surface area contributed by atoms with Gasteiger partial charge in [-0.2, -0.15) is 5.10 Å². The van der Waals surface area contributed by atoms with Gasteiger partial charge in [-0.1, -0.05) is 12.1 Å². The van der Waals surface area contributed by atoms with Crippen LogP contribution in [0.1, 0.15) is 16.8 Å². The van der Waals surface area contributed by atoms with E-state index in [1.54, 1.807) is 23.4 Å². The maximum absolute atomic E-state index is 13.2. The third-order valence-electron chi connectivity index (χ3n) is 6.92. The van der Waals surface area contributed by atoms with Crippen LogP contribution in [-0.4, -0.2) is 75.9 Å². The zero-order valence-electron chi connectivity index (χ0n) is 20.3. The van der Waals surface area contributed by atoms with Crippen LogP contribution in [0.4, 0.5) is 11.5 Å². The summed E-state index contributed by atoms with van der Waals surface area (Å²) in [6.45, 7) is 3.73. The van der Waals surface area contributed by atoms with Crippen molar-refractivity contribution >= 4 is 34.2 Å². The Morgan fingerprint density at radius 2 is 1.78 bits per heavy atom. The maximum Gasteiger partial charge on any atom is 0.253 e. The summed E-state index contributed by atoms with van der Waals surface area (Å²) in [5.74, 6) is 0.751. The fourth-order valence-electron chi connectivity index (χ4n) is 4.82. The molecule has 0 spiro atoms. The molecule has 2 aromatic heterocycles. The summed E-state index contributed by atoms with van der Waals surface area (Å²) in [6.07, 6.45) is 5.72. The highest BCUT2D eigenvalue weighted by atomic mass is 16.5. The molecule has 0 unspecified atom stereocenters. The van der Waals surface area contributed by atoms with Gasteiger partial charge in [0.1, 0.15) is 12.1 Å².